The van der Waals surface area contributed by atoms with E-state index in [1.165, 1.54) is 12.3 Å². The number of anilines is 1. The summed E-state index contributed by atoms with van der Waals surface area (Å²) in [6.07, 6.45) is 1.57. The summed E-state index contributed by atoms with van der Waals surface area (Å²) in [6, 6.07) is 16.5. The average molecular weight is 406 g/mol. The van der Waals surface area contributed by atoms with Crippen LogP contribution in [0.1, 0.15) is 17.0 Å². The summed E-state index contributed by atoms with van der Waals surface area (Å²) >= 11 is 0. The molecule has 0 unspecified atom stereocenters. The number of pyridine rings is 2. The van der Waals surface area contributed by atoms with Crippen LogP contribution in [-0.2, 0) is 6.42 Å². The molecule has 0 spiro atoms. The quantitative estimate of drug-likeness (QED) is 0.659. The molecular weight excluding hydrogens is 383 g/mol. The lowest BCUT2D eigenvalue weighted by Gasteiger charge is -2.34. The summed E-state index contributed by atoms with van der Waals surface area (Å²) in [4.78, 5) is 24.8. The molecule has 6 nitrogen and oxygen atoms in total. The second-order valence-corrected chi connectivity index (χ2v) is 7.27. The van der Waals surface area contributed by atoms with E-state index in [2.05, 4.69) is 9.97 Å². The van der Waals surface area contributed by atoms with Crippen molar-refractivity contribution in [2.75, 3.05) is 31.1 Å². The van der Waals surface area contributed by atoms with Crippen LogP contribution in [0, 0.1) is 12.7 Å². The van der Waals surface area contributed by atoms with E-state index in [1.54, 1.807) is 11.0 Å². The van der Waals surface area contributed by atoms with Crippen molar-refractivity contribution in [3.05, 3.63) is 83.6 Å². The van der Waals surface area contributed by atoms with Crippen LogP contribution in [0.15, 0.2) is 60.8 Å². The maximum Gasteiger partial charge on any atom is 0.415 e. The Morgan fingerprint density at radius 2 is 1.80 bits per heavy atom. The molecular formula is C23H23FN4O2. The fourth-order valence-electron chi connectivity index (χ4n) is 3.42. The van der Waals surface area contributed by atoms with Crippen molar-refractivity contribution < 1.29 is 13.9 Å². The van der Waals surface area contributed by atoms with Gasteiger partial charge in [-0.05, 0) is 48.9 Å². The number of hydrogen-bond acceptors (Lipinski definition) is 5. The minimum absolute atomic E-state index is 0.359. The fourth-order valence-corrected chi connectivity index (χ4v) is 3.42. The topological polar surface area (TPSA) is 58.6 Å². The Bertz CT molecular complexity index is 1000. The molecule has 1 saturated heterocycles. The van der Waals surface area contributed by atoms with Gasteiger partial charge in [-0.25, -0.2) is 14.2 Å². The Morgan fingerprint density at radius 3 is 2.47 bits per heavy atom. The smallest absolute Gasteiger partial charge is 0.410 e. The lowest BCUT2D eigenvalue weighted by atomic mass is 10.1. The molecule has 1 aliphatic heterocycles. The molecule has 3 heterocycles. The van der Waals surface area contributed by atoms with Crippen molar-refractivity contribution in [3.8, 4) is 5.75 Å². The third kappa shape index (κ3) is 4.92. The van der Waals surface area contributed by atoms with Gasteiger partial charge in [0, 0.05) is 44.0 Å². The second-order valence-electron chi connectivity index (χ2n) is 7.27. The first-order chi connectivity index (χ1) is 14.6. The maximum absolute atomic E-state index is 13.0. The number of ether oxygens (including phenoxy) is 1. The van der Waals surface area contributed by atoms with Crippen LogP contribution >= 0.6 is 0 Å². The molecule has 0 bridgehead atoms. The number of hydrogen-bond donors (Lipinski definition) is 0. The van der Waals surface area contributed by atoms with Gasteiger partial charge in [-0.1, -0.05) is 18.2 Å². The molecule has 0 aliphatic carbocycles. The molecule has 1 aromatic carbocycles. The first-order valence-corrected chi connectivity index (χ1v) is 9.91. The van der Waals surface area contributed by atoms with Crippen LogP contribution < -0.4 is 9.64 Å². The van der Waals surface area contributed by atoms with E-state index < -0.39 is 0 Å². The van der Waals surface area contributed by atoms with Gasteiger partial charge in [0.05, 0.1) is 6.20 Å². The molecule has 1 fully saturated rings. The summed E-state index contributed by atoms with van der Waals surface area (Å²) in [7, 11) is 0. The lowest BCUT2D eigenvalue weighted by molar-refractivity contribution is 0.149. The number of benzene rings is 1. The summed E-state index contributed by atoms with van der Waals surface area (Å²) in [5, 5.41) is 0. The largest absolute Gasteiger partial charge is 0.415 e. The van der Waals surface area contributed by atoms with Crippen molar-refractivity contribution in [2.24, 2.45) is 0 Å². The molecule has 0 saturated carbocycles. The Hall–Kier alpha value is -3.48. The number of aryl methyl sites for hydroxylation is 1. The minimum Gasteiger partial charge on any atom is -0.410 e. The predicted molar refractivity (Wildman–Crippen MR) is 112 cm³/mol. The Labute approximate surface area is 174 Å². The van der Waals surface area contributed by atoms with Crippen LogP contribution in [0.4, 0.5) is 15.0 Å². The highest BCUT2D eigenvalue weighted by atomic mass is 19.1. The average Bonchev–Trinajstić information content (AvgIpc) is 2.76. The summed E-state index contributed by atoms with van der Waals surface area (Å²) in [5.41, 5.74) is 3.11. The number of nitrogens with zero attached hydrogens (tertiary/aromatic N) is 4. The SMILES string of the molecule is Cc1cccc(Cc2ccc(OC(=O)N3CCN(c4ccc(F)cn4)CC3)cc2)n1. The van der Waals surface area contributed by atoms with E-state index >= 15 is 0 Å². The second kappa shape index (κ2) is 8.90. The molecule has 1 aliphatic rings. The van der Waals surface area contributed by atoms with Crippen molar-refractivity contribution >= 4 is 11.9 Å². The molecule has 3 aromatic rings. The number of halogens is 1. The van der Waals surface area contributed by atoms with Gasteiger partial charge in [0.2, 0.25) is 0 Å². The van der Waals surface area contributed by atoms with Crippen LogP contribution in [0.3, 0.4) is 0 Å². The van der Waals surface area contributed by atoms with Crippen molar-refractivity contribution in [3.63, 3.8) is 0 Å². The lowest BCUT2D eigenvalue weighted by Crippen LogP contribution is -2.49. The Kier molecular flexibility index (Phi) is 5.88. The van der Waals surface area contributed by atoms with E-state index in [9.17, 15) is 9.18 Å². The van der Waals surface area contributed by atoms with Crippen LogP contribution in [0.25, 0.3) is 0 Å². The van der Waals surface area contributed by atoms with Gasteiger partial charge in [-0.15, -0.1) is 0 Å². The van der Waals surface area contributed by atoms with Gasteiger partial charge in [-0.3, -0.25) is 4.98 Å². The van der Waals surface area contributed by atoms with Crippen LogP contribution in [0.2, 0.25) is 0 Å². The number of carbonyl (C=O) groups excluding carboxylic acids is 1. The highest BCUT2D eigenvalue weighted by Gasteiger charge is 2.23. The number of piperazine rings is 1. The van der Waals surface area contributed by atoms with Gasteiger partial charge < -0.3 is 14.5 Å². The van der Waals surface area contributed by atoms with E-state index in [1.807, 2.05) is 54.3 Å². The van der Waals surface area contributed by atoms with E-state index in [0.29, 0.717) is 37.7 Å². The zero-order chi connectivity index (χ0) is 20.9. The third-order valence-corrected chi connectivity index (χ3v) is 5.03. The monoisotopic (exact) mass is 406 g/mol. The van der Waals surface area contributed by atoms with Crippen molar-refractivity contribution in [1.29, 1.82) is 0 Å². The molecule has 0 atom stereocenters. The molecule has 0 N–H and O–H groups in total. The van der Waals surface area contributed by atoms with Gasteiger partial charge in [0.1, 0.15) is 17.4 Å². The van der Waals surface area contributed by atoms with E-state index in [-0.39, 0.29) is 11.9 Å². The molecule has 4 rings (SSSR count). The van der Waals surface area contributed by atoms with Gasteiger partial charge >= 0.3 is 6.09 Å². The van der Waals surface area contributed by atoms with Gasteiger partial charge in [0.25, 0.3) is 0 Å². The molecule has 2 aromatic heterocycles. The first kappa shape index (κ1) is 19.8. The minimum atomic E-state index is -0.366. The van der Waals surface area contributed by atoms with Gasteiger partial charge in [0.15, 0.2) is 0 Å². The van der Waals surface area contributed by atoms with Gasteiger partial charge in [-0.2, -0.15) is 0 Å². The highest BCUT2D eigenvalue weighted by molar-refractivity contribution is 5.71. The van der Waals surface area contributed by atoms with E-state index in [4.69, 9.17) is 4.74 Å². The maximum atomic E-state index is 13.0. The summed E-state index contributed by atoms with van der Waals surface area (Å²) < 4.78 is 18.5. The first-order valence-electron chi connectivity index (χ1n) is 9.91. The van der Waals surface area contributed by atoms with Crippen molar-refractivity contribution in [1.82, 2.24) is 14.9 Å². The normalized spacial score (nSPS) is 13.9. The third-order valence-electron chi connectivity index (χ3n) is 5.03. The summed E-state index contributed by atoms with van der Waals surface area (Å²) in [5.74, 6) is 0.869. The molecule has 30 heavy (non-hydrogen) atoms. The van der Waals surface area contributed by atoms with Crippen LogP contribution in [-0.4, -0.2) is 47.1 Å². The molecule has 7 heteroatoms. The summed E-state index contributed by atoms with van der Waals surface area (Å²) in [6.45, 7) is 4.26. The van der Waals surface area contributed by atoms with E-state index in [0.717, 1.165) is 23.4 Å². The zero-order valence-corrected chi connectivity index (χ0v) is 16.8. The van der Waals surface area contributed by atoms with Crippen LogP contribution in [0.5, 0.6) is 5.75 Å². The zero-order valence-electron chi connectivity index (χ0n) is 16.8. The van der Waals surface area contributed by atoms with Crippen molar-refractivity contribution in [2.45, 2.75) is 13.3 Å². The number of amides is 1. The highest BCUT2D eigenvalue weighted by Crippen LogP contribution is 2.18. The molecule has 0 radical (unpaired) electrons. The number of carbonyl (C=O) groups is 1. The predicted octanol–water partition coefficient (Wildman–Crippen LogP) is 3.84. The fraction of sp³-hybridized carbons (Fsp3) is 0.261. The molecule has 154 valence electrons. The molecule has 1 amide bonds. The standard InChI is InChI=1S/C23H23FN4O2/c1-17-3-2-4-20(26-17)15-18-5-8-21(9-6-18)30-23(29)28-13-11-27(12-14-28)22-10-7-19(24)16-25-22/h2-10,16H,11-15H2,1H3. The Morgan fingerprint density at radius 1 is 1.03 bits per heavy atom. The Balaban J connectivity index is 1.29. The number of rotatable bonds is 4. The number of aromatic nitrogens is 2.